The molecule has 1 amide bonds. The molecule has 0 aliphatic rings. The summed E-state index contributed by atoms with van der Waals surface area (Å²) in [5.74, 6) is -1.24. The SMILES string of the molecule is CC(C)(C)OC(=O)N(Cc1cc(Cl)ccc1O)c1ccccc1C(=O)O. The first-order valence-corrected chi connectivity index (χ1v) is 8.26. The van der Waals surface area contributed by atoms with Crippen LogP contribution in [0.5, 0.6) is 5.75 Å². The summed E-state index contributed by atoms with van der Waals surface area (Å²) >= 11 is 5.97. The van der Waals surface area contributed by atoms with Crippen LogP contribution in [-0.2, 0) is 11.3 Å². The highest BCUT2D eigenvalue weighted by atomic mass is 35.5. The molecule has 7 heteroatoms. The molecule has 0 unspecified atom stereocenters. The number of carboxylic acid groups (broad SMARTS) is 1. The van der Waals surface area contributed by atoms with E-state index >= 15 is 0 Å². The van der Waals surface area contributed by atoms with E-state index in [-0.39, 0.29) is 23.5 Å². The number of ether oxygens (including phenoxy) is 1. The zero-order valence-electron chi connectivity index (χ0n) is 14.7. The molecule has 0 bridgehead atoms. The van der Waals surface area contributed by atoms with Crippen LogP contribution in [-0.4, -0.2) is 27.9 Å². The summed E-state index contributed by atoms with van der Waals surface area (Å²) in [5.41, 5.74) is -0.304. The molecule has 6 nitrogen and oxygen atoms in total. The zero-order valence-corrected chi connectivity index (χ0v) is 15.4. The number of benzene rings is 2. The van der Waals surface area contributed by atoms with Crippen molar-refractivity contribution in [2.24, 2.45) is 0 Å². The molecular weight excluding hydrogens is 358 g/mol. The summed E-state index contributed by atoms with van der Waals surface area (Å²) < 4.78 is 5.41. The van der Waals surface area contributed by atoms with Gasteiger partial charge in [-0.25, -0.2) is 9.59 Å². The Labute approximate surface area is 156 Å². The first kappa shape index (κ1) is 19.6. The van der Waals surface area contributed by atoms with Crippen molar-refractivity contribution >= 4 is 29.4 Å². The summed E-state index contributed by atoms with van der Waals surface area (Å²) in [5, 5.41) is 19.9. The van der Waals surface area contributed by atoms with Crippen LogP contribution in [0, 0.1) is 0 Å². The van der Waals surface area contributed by atoms with E-state index in [2.05, 4.69) is 0 Å². The van der Waals surface area contributed by atoms with E-state index in [4.69, 9.17) is 16.3 Å². The number of carbonyl (C=O) groups excluding carboxylic acids is 1. The van der Waals surface area contributed by atoms with E-state index in [1.807, 2.05) is 0 Å². The largest absolute Gasteiger partial charge is 0.508 e. The number of amides is 1. The van der Waals surface area contributed by atoms with Crippen LogP contribution >= 0.6 is 11.6 Å². The Hall–Kier alpha value is -2.73. The van der Waals surface area contributed by atoms with Crippen LogP contribution in [0.15, 0.2) is 42.5 Å². The second-order valence-corrected chi connectivity index (χ2v) is 7.10. The number of halogens is 1. The number of phenols is 1. The van der Waals surface area contributed by atoms with Crippen molar-refractivity contribution in [3.63, 3.8) is 0 Å². The van der Waals surface area contributed by atoms with Gasteiger partial charge in [0.05, 0.1) is 17.8 Å². The van der Waals surface area contributed by atoms with Crippen LogP contribution in [0.2, 0.25) is 5.02 Å². The zero-order chi connectivity index (χ0) is 19.5. The van der Waals surface area contributed by atoms with Gasteiger partial charge < -0.3 is 14.9 Å². The number of anilines is 1. The standard InChI is InChI=1S/C19H20ClNO5/c1-19(2,3)26-18(25)21(11-12-10-13(20)8-9-16(12)22)15-7-5-4-6-14(15)17(23)24/h4-10,22H,11H2,1-3H3,(H,23,24). The fraction of sp³-hybridized carbons (Fsp3) is 0.263. The number of hydrogen-bond donors (Lipinski definition) is 2. The topological polar surface area (TPSA) is 87.1 Å². The minimum Gasteiger partial charge on any atom is -0.508 e. The van der Waals surface area contributed by atoms with E-state index in [0.29, 0.717) is 10.6 Å². The smallest absolute Gasteiger partial charge is 0.415 e. The monoisotopic (exact) mass is 377 g/mol. The summed E-state index contributed by atoms with van der Waals surface area (Å²) in [4.78, 5) is 25.5. The van der Waals surface area contributed by atoms with Gasteiger partial charge >= 0.3 is 12.1 Å². The highest BCUT2D eigenvalue weighted by Gasteiger charge is 2.27. The highest BCUT2D eigenvalue weighted by molar-refractivity contribution is 6.30. The van der Waals surface area contributed by atoms with Gasteiger partial charge in [-0.2, -0.15) is 0 Å². The van der Waals surface area contributed by atoms with Gasteiger partial charge in [0.2, 0.25) is 0 Å². The van der Waals surface area contributed by atoms with Crippen molar-refractivity contribution in [3.05, 3.63) is 58.6 Å². The molecule has 2 N–H and O–H groups in total. The summed E-state index contributed by atoms with van der Waals surface area (Å²) in [6.45, 7) is 5.03. The Morgan fingerprint density at radius 2 is 1.81 bits per heavy atom. The second-order valence-electron chi connectivity index (χ2n) is 6.66. The van der Waals surface area contributed by atoms with Gasteiger partial charge in [0, 0.05) is 10.6 Å². The molecule has 2 aromatic carbocycles. The van der Waals surface area contributed by atoms with E-state index in [1.54, 1.807) is 32.9 Å². The minimum absolute atomic E-state index is 0.0557. The fourth-order valence-corrected chi connectivity index (χ4v) is 2.50. The Morgan fingerprint density at radius 3 is 2.42 bits per heavy atom. The number of rotatable bonds is 4. The lowest BCUT2D eigenvalue weighted by Crippen LogP contribution is -2.37. The number of phenolic OH excluding ortho intramolecular Hbond substituents is 1. The molecule has 2 rings (SSSR count). The van der Waals surface area contributed by atoms with Crippen LogP contribution in [0.1, 0.15) is 36.7 Å². The number of carboxylic acids is 1. The van der Waals surface area contributed by atoms with Gasteiger partial charge in [0.1, 0.15) is 11.4 Å². The first-order valence-electron chi connectivity index (χ1n) is 7.89. The maximum absolute atomic E-state index is 12.7. The average Bonchev–Trinajstić information content (AvgIpc) is 2.54. The number of aromatic hydroxyl groups is 1. The molecule has 0 aliphatic carbocycles. The van der Waals surface area contributed by atoms with Gasteiger partial charge in [-0.15, -0.1) is 0 Å². The van der Waals surface area contributed by atoms with Gasteiger partial charge in [0.25, 0.3) is 0 Å². The van der Waals surface area contributed by atoms with Crippen LogP contribution in [0.4, 0.5) is 10.5 Å². The van der Waals surface area contributed by atoms with Crippen molar-refractivity contribution in [2.75, 3.05) is 4.90 Å². The lowest BCUT2D eigenvalue weighted by molar-refractivity contribution is 0.0577. The second kappa shape index (κ2) is 7.66. The molecule has 0 aliphatic heterocycles. The van der Waals surface area contributed by atoms with Crippen molar-refractivity contribution in [1.29, 1.82) is 0 Å². The third-order valence-electron chi connectivity index (χ3n) is 3.41. The molecular formula is C19H20ClNO5. The summed E-state index contributed by atoms with van der Waals surface area (Å²) in [6.07, 6.45) is -0.731. The third-order valence-corrected chi connectivity index (χ3v) is 3.64. The predicted molar refractivity (Wildman–Crippen MR) is 98.9 cm³/mol. The Bertz CT molecular complexity index is 829. The van der Waals surface area contributed by atoms with Crippen LogP contribution in [0.3, 0.4) is 0 Å². The third kappa shape index (κ3) is 4.89. The molecule has 0 atom stereocenters. The van der Waals surface area contributed by atoms with E-state index in [0.717, 1.165) is 0 Å². The molecule has 0 saturated heterocycles. The summed E-state index contributed by atoms with van der Waals surface area (Å²) in [6, 6.07) is 10.5. The Balaban J connectivity index is 2.51. The maximum atomic E-state index is 12.7. The Kier molecular flexibility index (Phi) is 5.77. The van der Waals surface area contributed by atoms with E-state index in [9.17, 15) is 19.8 Å². The van der Waals surface area contributed by atoms with E-state index in [1.165, 1.54) is 35.2 Å². The van der Waals surface area contributed by atoms with Gasteiger partial charge in [0.15, 0.2) is 0 Å². The quantitative estimate of drug-likeness (QED) is 0.807. The first-order chi connectivity index (χ1) is 12.1. The van der Waals surface area contributed by atoms with Crippen molar-refractivity contribution < 1.29 is 24.5 Å². The number of aromatic carboxylic acids is 1. The molecule has 0 radical (unpaired) electrons. The molecule has 0 spiro atoms. The summed E-state index contributed by atoms with van der Waals surface area (Å²) in [7, 11) is 0. The number of carbonyl (C=O) groups is 2. The van der Waals surface area contributed by atoms with E-state index < -0.39 is 17.7 Å². The van der Waals surface area contributed by atoms with Gasteiger partial charge in [-0.3, -0.25) is 4.90 Å². The van der Waals surface area contributed by atoms with Gasteiger partial charge in [-0.05, 0) is 51.1 Å². The average molecular weight is 378 g/mol. The van der Waals surface area contributed by atoms with Crippen molar-refractivity contribution in [3.8, 4) is 5.75 Å². The fourth-order valence-electron chi connectivity index (χ4n) is 2.31. The molecule has 0 saturated carbocycles. The van der Waals surface area contributed by atoms with Crippen molar-refractivity contribution in [1.82, 2.24) is 0 Å². The van der Waals surface area contributed by atoms with Gasteiger partial charge in [-0.1, -0.05) is 23.7 Å². The molecule has 26 heavy (non-hydrogen) atoms. The van der Waals surface area contributed by atoms with Crippen LogP contribution in [0.25, 0.3) is 0 Å². The van der Waals surface area contributed by atoms with Crippen molar-refractivity contribution in [2.45, 2.75) is 32.9 Å². The lowest BCUT2D eigenvalue weighted by atomic mass is 10.1. The highest BCUT2D eigenvalue weighted by Crippen LogP contribution is 2.29. The lowest BCUT2D eigenvalue weighted by Gasteiger charge is -2.28. The minimum atomic E-state index is -1.18. The number of para-hydroxylation sites is 1. The normalized spacial score (nSPS) is 11.1. The number of hydrogen-bond acceptors (Lipinski definition) is 4. The molecule has 0 heterocycles. The number of nitrogens with zero attached hydrogens (tertiary/aromatic N) is 1. The molecule has 2 aromatic rings. The molecule has 0 aromatic heterocycles. The molecule has 138 valence electrons. The Morgan fingerprint density at radius 1 is 1.15 bits per heavy atom. The molecule has 0 fully saturated rings. The predicted octanol–water partition coefficient (Wildman–Crippen LogP) is 4.69. The van der Waals surface area contributed by atoms with Crippen LogP contribution < -0.4 is 4.90 Å². The maximum Gasteiger partial charge on any atom is 0.415 e.